The third-order valence-electron chi connectivity index (χ3n) is 7.44. The van der Waals surface area contributed by atoms with E-state index in [1.165, 1.54) is 11.8 Å². The smallest absolute Gasteiger partial charge is 0.266 e. The summed E-state index contributed by atoms with van der Waals surface area (Å²) in [6.45, 7) is 5.10. The normalized spacial score (nSPS) is 15.5. The summed E-state index contributed by atoms with van der Waals surface area (Å²) in [5.41, 5.74) is 23.0. The van der Waals surface area contributed by atoms with E-state index in [0.717, 1.165) is 12.8 Å². The van der Waals surface area contributed by atoms with Gasteiger partial charge in [-0.05, 0) is 75.3 Å². The van der Waals surface area contributed by atoms with E-state index in [0.29, 0.717) is 60.0 Å². The lowest BCUT2D eigenvalue weighted by molar-refractivity contribution is -0.132. The molecule has 0 aromatic heterocycles. The van der Waals surface area contributed by atoms with Crippen LogP contribution in [0.1, 0.15) is 87.6 Å². The van der Waals surface area contributed by atoms with Gasteiger partial charge in [0.05, 0.1) is 4.91 Å². The number of carbonyl (C=O) groups is 5. The third-order valence-corrected chi connectivity index (χ3v) is 8.82. The molecule has 2 rings (SSSR count). The van der Waals surface area contributed by atoms with Gasteiger partial charge in [-0.15, -0.1) is 0 Å². The minimum Gasteiger partial charge on any atom is -0.370 e. The first-order valence-electron chi connectivity index (χ1n) is 16.2. The van der Waals surface area contributed by atoms with Crippen LogP contribution in [0.2, 0.25) is 0 Å². The lowest BCUT2D eigenvalue weighted by Gasteiger charge is -2.25. The average Bonchev–Trinajstić information content (AvgIpc) is 3.31. The molecular weight excluding hydrogens is 655 g/mol. The van der Waals surface area contributed by atoms with Crippen LogP contribution in [-0.4, -0.2) is 82.5 Å². The third kappa shape index (κ3) is 13.2. The van der Waals surface area contributed by atoms with Crippen molar-refractivity contribution in [2.45, 2.75) is 89.8 Å². The Morgan fingerprint density at radius 3 is 2.06 bits per heavy atom. The number of nitrogens with one attached hydrogen (secondary N) is 3. The Hall–Kier alpha value is -4.02. The number of unbranched alkanes of at least 4 members (excludes halogenated alkanes) is 2. The number of primary amides is 1. The Balaban J connectivity index is 2.22. The highest BCUT2D eigenvalue weighted by molar-refractivity contribution is 8.26. The molecule has 1 saturated heterocycles. The summed E-state index contributed by atoms with van der Waals surface area (Å²) in [5.74, 6) is -2.56. The van der Waals surface area contributed by atoms with E-state index < -0.39 is 41.8 Å². The maximum Gasteiger partial charge on any atom is 0.266 e. The van der Waals surface area contributed by atoms with E-state index in [1.807, 2.05) is 13.8 Å². The summed E-state index contributed by atoms with van der Waals surface area (Å²) in [6.07, 6.45) is 6.33. The van der Waals surface area contributed by atoms with E-state index >= 15 is 0 Å². The second-order valence-electron chi connectivity index (χ2n) is 11.4. The van der Waals surface area contributed by atoms with Gasteiger partial charge in [-0.2, -0.15) is 0 Å². The summed E-state index contributed by atoms with van der Waals surface area (Å²) in [5, 5.41) is 8.18. The molecule has 5 amide bonds. The predicted octanol–water partition coefficient (Wildman–Crippen LogP) is 1.22. The van der Waals surface area contributed by atoms with Gasteiger partial charge in [0.15, 0.2) is 5.96 Å². The van der Waals surface area contributed by atoms with E-state index in [2.05, 4.69) is 20.9 Å². The first kappa shape index (κ1) is 40.2. The zero-order chi connectivity index (χ0) is 35.6. The van der Waals surface area contributed by atoms with Gasteiger partial charge < -0.3 is 38.9 Å². The van der Waals surface area contributed by atoms with E-state index in [-0.39, 0.29) is 36.8 Å². The topological polar surface area (TPSA) is 241 Å². The number of aliphatic imine (C=N–C) groups is 1. The molecule has 1 aliphatic heterocycles. The Morgan fingerprint density at radius 2 is 1.48 bits per heavy atom. The molecule has 264 valence electrons. The van der Waals surface area contributed by atoms with Crippen molar-refractivity contribution < 1.29 is 24.0 Å². The minimum absolute atomic E-state index is 0.101. The number of carbonyl (C=O) groups excluding carboxylic acids is 5. The number of thioether (sulfide) groups is 1. The van der Waals surface area contributed by atoms with Gasteiger partial charge in [-0.3, -0.25) is 33.9 Å². The molecule has 0 bridgehead atoms. The van der Waals surface area contributed by atoms with Gasteiger partial charge in [0.25, 0.3) is 11.8 Å². The van der Waals surface area contributed by atoms with Crippen LogP contribution in [-0.2, 0) is 19.2 Å². The van der Waals surface area contributed by atoms with Gasteiger partial charge in [-0.1, -0.05) is 62.8 Å². The monoisotopic (exact) mass is 703 g/mol. The van der Waals surface area contributed by atoms with E-state index in [1.54, 1.807) is 35.2 Å². The van der Waals surface area contributed by atoms with E-state index in [9.17, 15) is 24.0 Å². The Bertz CT molecular complexity index is 1350. The minimum atomic E-state index is -1.04. The van der Waals surface area contributed by atoms with Crippen LogP contribution >= 0.6 is 24.0 Å². The molecule has 0 radical (unpaired) electrons. The summed E-state index contributed by atoms with van der Waals surface area (Å²) in [6, 6.07) is 3.66. The highest BCUT2D eigenvalue weighted by Gasteiger charge is 2.31. The second kappa shape index (κ2) is 21.1. The standard InChI is InChI=1S/C32H49N9O5S2/c1-3-5-9-22(26(34)42)38-28(44)23(10-6-7-16-33)40-29(45)24(11-8-17-37-31(35)36)39-27(43)21-14-12-20(13-15-21)19-25-30(46)41(18-4-2)32(47)48-25/h12-15,19,22-24H,3-11,16-18,33H2,1-2H3,(H2,34,42)(H,38,44)(H,39,43)(H,40,45)(H4,35,36,37)/b25-19-/t22-,23-,24-/m0/s1. The molecule has 1 fully saturated rings. The van der Waals surface area contributed by atoms with Crippen LogP contribution in [0.3, 0.4) is 0 Å². The average molecular weight is 704 g/mol. The largest absolute Gasteiger partial charge is 0.370 e. The number of amides is 5. The molecule has 11 N–H and O–H groups in total. The number of hydrogen-bond acceptors (Lipinski definition) is 9. The van der Waals surface area contributed by atoms with Crippen LogP contribution < -0.4 is 38.9 Å². The van der Waals surface area contributed by atoms with Gasteiger partial charge in [-0.25, -0.2) is 0 Å². The molecule has 3 atom stereocenters. The van der Waals surface area contributed by atoms with Gasteiger partial charge in [0.2, 0.25) is 17.7 Å². The molecule has 1 aliphatic rings. The van der Waals surface area contributed by atoms with Gasteiger partial charge in [0, 0.05) is 18.7 Å². The number of nitrogens with two attached hydrogens (primary N) is 4. The van der Waals surface area contributed by atoms with Crippen LogP contribution in [0, 0.1) is 0 Å². The molecule has 0 unspecified atom stereocenters. The Morgan fingerprint density at radius 1 is 0.875 bits per heavy atom. The second-order valence-corrected chi connectivity index (χ2v) is 13.1. The number of nitrogens with zero attached hydrogens (tertiary/aromatic N) is 2. The SMILES string of the molecule is CCCC[C@H](NC(=O)[C@H](CCCCN)NC(=O)[C@H](CCCN=C(N)N)NC(=O)c1ccc(/C=C2\SC(=S)N(CCC)C2=O)cc1)C(N)=O. The molecule has 0 saturated carbocycles. The van der Waals surface area contributed by atoms with Crippen molar-refractivity contribution >= 4 is 69.9 Å². The Labute approximate surface area is 291 Å². The van der Waals surface area contributed by atoms with Crippen LogP contribution in [0.4, 0.5) is 0 Å². The maximum absolute atomic E-state index is 13.6. The van der Waals surface area contributed by atoms with Gasteiger partial charge >= 0.3 is 0 Å². The quantitative estimate of drug-likeness (QED) is 0.0318. The maximum atomic E-state index is 13.6. The van der Waals surface area contributed by atoms with Crippen LogP contribution in [0.15, 0.2) is 34.2 Å². The molecule has 0 spiro atoms. The highest BCUT2D eigenvalue weighted by atomic mass is 32.2. The molecular formula is C32H49N9O5S2. The van der Waals surface area contributed by atoms with E-state index in [4.69, 9.17) is 35.2 Å². The summed E-state index contributed by atoms with van der Waals surface area (Å²) in [4.78, 5) is 70.9. The van der Waals surface area contributed by atoms with Crippen molar-refractivity contribution in [3.8, 4) is 0 Å². The zero-order valence-corrected chi connectivity index (χ0v) is 29.3. The summed E-state index contributed by atoms with van der Waals surface area (Å²) >= 11 is 6.56. The molecule has 14 nitrogen and oxygen atoms in total. The number of rotatable bonds is 21. The van der Waals surface area contributed by atoms with Crippen LogP contribution in [0.25, 0.3) is 6.08 Å². The lowest BCUT2D eigenvalue weighted by Crippen LogP contribution is -2.56. The molecule has 48 heavy (non-hydrogen) atoms. The Kier molecular flexibility index (Phi) is 17.6. The van der Waals surface area contributed by atoms with Crippen molar-refractivity contribution in [1.82, 2.24) is 20.9 Å². The lowest BCUT2D eigenvalue weighted by atomic mass is 10.0. The highest BCUT2D eigenvalue weighted by Crippen LogP contribution is 2.32. The van der Waals surface area contributed by atoms with Crippen LogP contribution in [0.5, 0.6) is 0 Å². The zero-order valence-electron chi connectivity index (χ0n) is 27.7. The van der Waals surface area contributed by atoms with Crippen molar-refractivity contribution in [2.24, 2.45) is 27.9 Å². The number of benzene rings is 1. The van der Waals surface area contributed by atoms with Crippen molar-refractivity contribution in [2.75, 3.05) is 19.6 Å². The molecule has 1 aromatic rings. The molecule has 1 aromatic carbocycles. The fourth-order valence-corrected chi connectivity index (χ4v) is 6.12. The number of guanidine groups is 1. The predicted molar refractivity (Wildman–Crippen MR) is 193 cm³/mol. The summed E-state index contributed by atoms with van der Waals surface area (Å²) < 4.78 is 0.511. The first-order valence-corrected chi connectivity index (χ1v) is 17.5. The van der Waals surface area contributed by atoms with Crippen molar-refractivity contribution in [3.05, 3.63) is 40.3 Å². The molecule has 1 heterocycles. The van der Waals surface area contributed by atoms with Gasteiger partial charge in [0.1, 0.15) is 22.4 Å². The van der Waals surface area contributed by atoms with Crippen molar-refractivity contribution in [3.63, 3.8) is 0 Å². The fourth-order valence-electron chi connectivity index (χ4n) is 4.81. The molecule has 0 aliphatic carbocycles. The number of thiocarbonyl (C=S) groups is 1. The first-order chi connectivity index (χ1) is 22.9. The molecule has 16 heteroatoms. The number of hydrogen-bond donors (Lipinski definition) is 7. The fraction of sp³-hybridized carbons (Fsp3) is 0.531. The van der Waals surface area contributed by atoms with Crippen molar-refractivity contribution in [1.29, 1.82) is 0 Å². The summed E-state index contributed by atoms with van der Waals surface area (Å²) in [7, 11) is 0.